The third kappa shape index (κ3) is 22.8. The maximum absolute atomic E-state index is 8.37. The molecule has 0 saturated carbocycles. The molecule has 0 rings (SSSR count). The second-order valence-corrected chi connectivity index (χ2v) is 2.52. The van der Waals surface area contributed by atoms with E-state index in [0.717, 1.165) is 6.42 Å². The Morgan fingerprint density at radius 2 is 1.50 bits per heavy atom. The van der Waals surface area contributed by atoms with Crippen LogP contribution in [-0.4, -0.2) is 11.7 Å². The molecule has 0 heterocycles. The second kappa shape index (κ2) is 16.7. The zero-order valence-electron chi connectivity index (χ0n) is 8.00. The fourth-order valence-electron chi connectivity index (χ4n) is 0.715. The number of aliphatic hydroxyl groups excluding tert-OH is 1. The quantitative estimate of drug-likeness (QED) is 0.550. The fourth-order valence-corrected chi connectivity index (χ4v) is 0.715. The molecule has 0 aromatic carbocycles. The molecule has 12 heavy (non-hydrogen) atoms. The third-order valence-electron chi connectivity index (χ3n) is 1.37. The van der Waals surface area contributed by atoms with Crippen LogP contribution in [0.5, 0.6) is 0 Å². The first-order chi connectivity index (χ1) is 5.83. The summed E-state index contributed by atoms with van der Waals surface area (Å²) in [5, 5.41) is 8.37. The Labute approximate surface area is 75.4 Å². The predicted molar refractivity (Wildman–Crippen MR) is 53.4 cm³/mol. The molecule has 3 heteroatoms. The number of unbranched alkanes of at least 4 members (excludes halogenated alkanes) is 4. The topological polar surface area (TPSA) is 72.3 Å². The van der Waals surface area contributed by atoms with Gasteiger partial charge < -0.3 is 16.6 Å². The van der Waals surface area contributed by atoms with Crippen molar-refractivity contribution in [2.75, 3.05) is 6.61 Å². The van der Waals surface area contributed by atoms with Gasteiger partial charge in [0.2, 0.25) is 0 Å². The number of rotatable bonds is 5. The Bertz CT molecular complexity index is 74.6. The van der Waals surface area contributed by atoms with Gasteiger partial charge in [-0.25, -0.2) is 0 Å². The highest BCUT2D eigenvalue weighted by molar-refractivity contribution is 4.64. The van der Waals surface area contributed by atoms with Gasteiger partial charge in [0.1, 0.15) is 0 Å². The Balaban J connectivity index is 0. The lowest BCUT2D eigenvalue weighted by molar-refractivity contribution is 0.282. The predicted octanol–water partition coefficient (Wildman–Crippen LogP) is 1.32. The first kappa shape index (κ1) is 13.9. The van der Waals surface area contributed by atoms with Crippen LogP contribution in [0.1, 0.15) is 39.0 Å². The van der Waals surface area contributed by atoms with Gasteiger partial charge in [0, 0.05) is 19.0 Å². The SMILES string of the molecule is CCCCCCCO.NC=CN. The van der Waals surface area contributed by atoms with Crippen molar-refractivity contribution in [2.45, 2.75) is 39.0 Å². The van der Waals surface area contributed by atoms with Gasteiger partial charge in [-0.15, -0.1) is 0 Å². The van der Waals surface area contributed by atoms with Crippen molar-refractivity contribution in [1.29, 1.82) is 0 Å². The summed E-state index contributed by atoms with van der Waals surface area (Å²) in [6.45, 7) is 2.56. The van der Waals surface area contributed by atoms with E-state index in [4.69, 9.17) is 16.6 Å². The third-order valence-corrected chi connectivity index (χ3v) is 1.37. The molecule has 0 atom stereocenters. The molecule has 3 nitrogen and oxygen atoms in total. The summed E-state index contributed by atoms with van der Waals surface area (Å²) in [5.41, 5.74) is 9.44. The smallest absolute Gasteiger partial charge is 0.0431 e. The minimum Gasteiger partial charge on any atom is -0.403 e. The van der Waals surface area contributed by atoms with Gasteiger partial charge in [0.05, 0.1) is 0 Å². The molecule has 0 radical (unpaired) electrons. The van der Waals surface area contributed by atoms with E-state index in [1.807, 2.05) is 0 Å². The highest BCUT2D eigenvalue weighted by Gasteiger charge is 1.84. The highest BCUT2D eigenvalue weighted by atomic mass is 16.2. The van der Waals surface area contributed by atoms with Crippen LogP contribution in [0.15, 0.2) is 12.4 Å². The van der Waals surface area contributed by atoms with Gasteiger partial charge >= 0.3 is 0 Å². The molecule has 0 unspecified atom stereocenters. The Hall–Kier alpha value is -0.700. The summed E-state index contributed by atoms with van der Waals surface area (Å²) in [7, 11) is 0. The van der Waals surface area contributed by atoms with Crippen molar-refractivity contribution in [2.24, 2.45) is 11.5 Å². The van der Waals surface area contributed by atoms with Crippen LogP contribution in [0.25, 0.3) is 0 Å². The molecule has 5 N–H and O–H groups in total. The summed E-state index contributed by atoms with van der Waals surface area (Å²) in [6, 6.07) is 0. The first-order valence-electron chi connectivity index (χ1n) is 4.52. The summed E-state index contributed by atoms with van der Waals surface area (Å²) in [5.74, 6) is 0. The van der Waals surface area contributed by atoms with E-state index in [9.17, 15) is 0 Å². The van der Waals surface area contributed by atoms with Gasteiger partial charge in [0.25, 0.3) is 0 Å². The Kier molecular flexibility index (Phi) is 19.3. The molecule has 0 spiro atoms. The minimum absolute atomic E-state index is 0.365. The molecule has 0 aromatic heterocycles. The average Bonchev–Trinajstić information content (AvgIpc) is 2.13. The molecule has 0 bridgehead atoms. The van der Waals surface area contributed by atoms with E-state index in [0.29, 0.717) is 6.61 Å². The van der Waals surface area contributed by atoms with Gasteiger partial charge in [-0.1, -0.05) is 32.6 Å². The molecule has 0 amide bonds. The standard InChI is InChI=1S/C7H16O.C2H6N2/c1-2-3-4-5-6-7-8;3-1-2-4/h8H,2-7H2,1H3;1-2H,3-4H2. The summed E-state index contributed by atoms with van der Waals surface area (Å²) in [6.07, 6.45) is 8.63. The van der Waals surface area contributed by atoms with Crippen LogP contribution in [0, 0.1) is 0 Å². The lowest BCUT2D eigenvalue weighted by Gasteiger charge is -1.93. The molecule has 0 fully saturated rings. The Morgan fingerprint density at radius 3 is 1.83 bits per heavy atom. The Morgan fingerprint density at radius 1 is 1.00 bits per heavy atom. The number of nitrogens with two attached hydrogens (primary N) is 2. The fraction of sp³-hybridized carbons (Fsp3) is 0.778. The molecule has 0 aromatic rings. The molecular weight excluding hydrogens is 152 g/mol. The lowest BCUT2D eigenvalue weighted by atomic mass is 10.2. The molecule has 0 saturated heterocycles. The van der Waals surface area contributed by atoms with Crippen molar-refractivity contribution in [3.8, 4) is 0 Å². The number of hydrogen-bond donors (Lipinski definition) is 3. The first-order valence-corrected chi connectivity index (χ1v) is 4.52. The molecule has 0 aliphatic carbocycles. The van der Waals surface area contributed by atoms with Crippen molar-refractivity contribution >= 4 is 0 Å². The average molecular weight is 174 g/mol. The normalized spacial score (nSPS) is 9.50. The van der Waals surface area contributed by atoms with Crippen LogP contribution < -0.4 is 11.5 Å². The summed E-state index contributed by atoms with van der Waals surface area (Å²) in [4.78, 5) is 0. The van der Waals surface area contributed by atoms with E-state index in [1.54, 1.807) is 0 Å². The van der Waals surface area contributed by atoms with E-state index in [1.165, 1.54) is 38.1 Å². The highest BCUT2D eigenvalue weighted by Crippen LogP contribution is 2.00. The molecule has 74 valence electrons. The van der Waals surface area contributed by atoms with Crippen LogP contribution in [-0.2, 0) is 0 Å². The zero-order valence-corrected chi connectivity index (χ0v) is 8.00. The molecular formula is C9H22N2O. The maximum Gasteiger partial charge on any atom is 0.0431 e. The van der Waals surface area contributed by atoms with Gasteiger partial charge in [-0.3, -0.25) is 0 Å². The van der Waals surface area contributed by atoms with E-state index >= 15 is 0 Å². The largest absolute Gasteiger partial charge is 0.403 e. The summed E-state index contributed by atoms with van der Waals surface area (Å²) >= 11 is 0. The van der Waals surface area contributed by atoms with Crippen LogP contribution in [0.4, 0.5) is 0 Å². The van der Waals surface area contributed by atoms with E-state index < -0.39 is 0 Å². The van der Waals surface area contributed by atoms with Crippen LogP contribution in [0.2, 0.25) is 0 Å². The van der Waals surface area contributed by atoms with Crippen LogP contribution >= 0.6 is 0 Å². The summed E-state index contributed by atoms with van der Waals surface area (Å²) < 4.78 is 0. The van der Waals surface area contributed by atoms with E-state index in [2.05, 4.69) is 6.92 Å². The minimum atomic E-state index is 0.365. The van der Waals surface area contributed by atoms with E-state index in [-0.39, 0.29) is 0 Å². The van der Waals surface area contributed by atoms with Gasteiger partial charge in [0.15, 0.2) is 0 Å². The van der Waals surface area contributed by atoms with Gasteiger partial charge in [-0.05, 0) is 6.42 Å². The maximum atomic E-state index is 8.37. The molecule has 0 aliphatic rings. The van der Waals surface area contributed by atoms with Crippen molar-refractivity contribution < 1.29 is 5.11 Å². The molecule has 0 aliphatic heterocycles. The number of aliphatic hydroxyl groups is 1. The van der Waals surface area contributed by atoms with Crippen molar-refractivity contribution in [1.82, 2.24) is 0 Å². The second-order valence-electron chi connectivity index (χ2n) is 2.52. The lowest BCUT2D eigenvalue weighted by Crippen LogP contribution is -1.81. The number of hydrogen-bond acceptors (Lipinski definition) is 3. The van der Waals surface area contributed by atoms with Crippen molar-refractivity contribution in [3.63, 3.8) is 0 Å². The van der Waals surface area contributed by atoms with Gasteiger partial charge in [-0.2, -0.15) is 0 Å². The monoisotopic (exact) mass is 174 g/mol. The van der Waals surface area contributed by atoms with Crippen LogP contribution in [0.3, 0.4) is 0 Å². The zero-order chi connectivity index (χ0) is 9.66. The van der Waals surface area contributed by atoms with Crippen molar-refractivity contribution in [3.05, 3.63) is 12.4 Å².